The summed E-state index contributed by atoms with van der Waals surface area (Å²) in [5.74, 6) is 1.76. The first kappa shape index (κ1) is 12.3. The van der Waals surface area contributed by atoms with Gasteiger partial charge in [0.25, 0.3) is 0 Å². The third-order valence-electron chi connectivity index (χ3n) is 3.88. The van der Waals surface area contributed by atoms with Crippen LogP contribution in [0.5, 0.6) is 5.75 Å². The highest BCUT2D eigenvalue weighted by Gasteiger charge is 2.18. The van der Waals surface area contributed by atoms with Crippen molar-refractivity contribution in [3.05, 3.63) is 65.7 Å². The van der Waals surface area contributed by atoms with Crippen molar-refractivity contribution in [3.8, 4) is 5.75 Å². The van der Waals surface area contributed by atoms with Gasteiger partial charge in [0.1, 0.15) is 5.75 Å². The van der Waals surface area contributed by atoms with Gasteiger partial charge in [0.2, 0.25) is 0 Å². The second-order valence-corrected chi connectivity index (χ2v) is 5.37. The summed E-state index contributed by atoms with van der Waals surface area (Å²) >= 11 is 0. The Kier molecular flexibility index (Phi) is 3.83. The number of hydrogen-bond donors (Lipinski definition) is 0. The predicted molar refractivity (Wildman–Crippen MR) is 78.5 cm³/mol. The lowest BCUT2D eigenvalue weighted by Crippen LogP contribution is -2.20. The highest BCUT2D eigenvalue weighted by Crippen LogP contribution is 2.29. The smallest absolute Gasteiger partial charge is 0.122 e. The molecule has 98 valence electrons. The molecular weight excluding hydrogens is 232 g/mol. The number of rotatable bonds is 4. The number of hydrogen-bond acceptors (Lipinski definition) is 1. The molecule has 1 aliphatic rings. The number of benzene rings is 2. The SMILES string of the molecule is c1ccc(CCCC2COc3ccccc3C2)cc1. The van der Waals surface area contributed by atoms with Gasteiger partial charge in [0.15, 0.2) is 0 Å². The van der Waals surface area contributed by atoms with Gasteiger partial charge in [-0.15, -0.1) is 0 Å². The van der Waals surface area contributed by atoms with E-state index >= 15 is 0 Å². The molecule has 0 spiro atoms. The van der Waals surface area contributed by atoms with Crippen LogP contribution in [0, 0.1) is 5.92 Å². The molecule has 0 saturated heterocycles. The Morgan fingerprint density at radius 3 is 2.63 bits per heavy atom. The van der Waals surface area contributed by atoms with Crippen LogP contribution in [0.4, 0.5) is 0 Å². The number of para-hydroxylation sites is 1. The summed E-state index contributed by atoms with van der Waals surface area (Å²) in [7, 11) is 0. The van der Waals surface area contributed by atoms with Gasteiger partial charge in [0.05, 0.1) is 6.61 Å². The molecular formula is C18H20O. The fourth-order valence-electron chi connectivity index (χ4n) is 2.82. The summed E-state index contributed by atoms with van der Waals surface area (Å²) in [6.07, 6.45) is 4.85. The van der Waals surface area contributed by atoms with Crippen LogP contribution < -0.4 is 4.74 Å². The van der Waals surface area contributed by atoms with Gasteiger partial charge in [-0.3, -0.25) is 0 Å². The fraction of sp³-hybridized carbons (Fsp3) is 0.333. The minimum Gasteiger partial charge on any atom is -0.493 e. The largest absolute Gasteiger partial charge is 0.493 e. The lowest BCUT2D eigenvalue weighted by Gasteiger charge is -2.25. The number of fused-ring (bicyclic) bond motifs is 1. The highest BCUT2D eigenvalue weighted by molar-refractivity contribution is 5.35. The van der Waals surface area contributed by atoms with E-state index in [2.05, 4.69) is 54.6 Å². The summed E-state index contributed by atoms with van der Waals surface area (Å²) in [5.41, 5.74) is 2.82. The maximum absolute atomic E-state index is 5.84. The van der Waals surface area contributed by atoms with Crippen molar-refractivity contribution < 1.29 is 4.74 Å². The molecule has 0 N–H and O–H groups in total. The number of aryl methyl sites for hydroxylation is 1. The van der Waals surface area contributed by atoms with E-state index in [-0.39, 0.29) is 0 Å². The lowest BCUT2D eigenvalue weighted by atomic mass is 9.91. The van der Waals surface area contributed by atoms with Crippen LogP contribution in [0.1, 0.15) is 24.0 Å². The average Bonchev–Trinajstić information content (AvgIpc) is 2.48. The van der Waals surface area contributed by atoms with Crippen LogP contribution >= 0.6 is 0 Å². The molecule has 0 amide bonds. The zero-order valence-electron chi connectivity index (χ0n) is 11.2. The summed E-state index contributed by atoms with van der Waals surface area (Å²) in [5, 5.41) is 0. The van der Waals surface area contributed by atoms with E-state index in [9.17, 15) is 0 Å². The molecule has 0 fully saturated rings. The Hall–Kier alpha value is -1.76. The molecule has 0 radical (unpaired) electrons. The van der Waals surface area contributed by atoms with Gasteiger partial charge in [-0.1, -0.05) is 48.5 Å². The van der Waals surface area contributed by atoms with E-state index in [1.807, 2.05) is 0 Å². The van der Waals surface area contributed by atoms with Crippen LogP contribution in [0.2, 0.25) is 0 Å². The molecule has 0 aliphatic carbocycles. The van der Waals surface area contributed by atoms with Crippen LogP contribution in [-0.4, -0.2) is 6.61 Å². The maximum atomic E-state index is 5.84. The van der Waals surface area contributed by atoms with Crippen LogP contribution in [0.3, 0.4) is 0 Å². The van der Waals surface area contributed by atoms with E-state index in [4.69, 9.17) is 4.74 Å². The molecule has 2 aromatic carbocycles. The monoisotopic (exact) mass is 252 g/mol. The molecule has 1 nitrogen and oxygen atoms in total. The zero-order chi connectivity index (χ0) is 12.9. The van der Waals surface area contributed by atoms with Gasteiger partial charge in [-0.25, -0.2) is 0 Å². The molecule has 1 atom stereocenters. The standard InChI is InChI=1S/C18H20O/c1-2-7-15(8-3-1)9-6-10-16-13-17-11-4-5-12-18(17)19-14-16/h1-5,7-8,11-12,16H,6,9-10,13-14H2. The van der Waals surface area contributed by atoms with Crippen LogP contribution in [0.15, 0.2) is 54.6 Å². The second-order valence-electron chi connectivity index (χ2n) is 5.37. The minimum atomic E-state index is 0.679. The topological polar surface area (TPSA) is 9.23 Å². The quantitative estimate of drug-likeness (QED) is 0.790. The van der Waals surface area contributed by atoms with Gasteiger partial charge in [0, 0.05) is 0 Å². The van der Waals surface area contributed by atoms with Crippen molar-refractivity contribution in [2.75, 3.05) is 6.61 Å². The predicted octanol–water partition coefficient (Wildman–Crippen LogP) is 4.26. The van der Waals surface area contributed by atoms with Crippen molar-refractivity contribution in [1.82, 2.24) is 0 Å². The van der Waals surface area contributed by atoms with Crippen molar-refractivity contribution in [3.63, 3.8) is 0 Å². The number of ether oxygens (including phenoxy) is 1. The normalized spacial score (nSPS) is 17.6. The first-order valence-corrected chi connectivity index (χ1v) is 7.16. The van der Waals surface area contributed by atoms with Crippen LogP contribution in [0.25, 0.3) is 0 Å². The first-order valence-electron chi connectivity index (χ1n) is 7.16. The van der Waals surface area contributed by atoms with E-state index in [1.54, 1.807) is 0 Å². The molecule has 0 saturated carbocycles. The van der Waals surface area contributed by atoms with Crippen molar-refractivity contribution in [2.24, 2.45) is 5.92 Å². The Morgan fingerprint density at radius 1 is 0.947 bits per heavy atom. The Balaban J connectivity index is 1.50. The fourth-order valence-corrected chi connectivity index (χ4v) is 2.82. The third-order valence-corrected chi connectivity index (χ3v) is 3.88. The summed E-state index contributed by atoms with van der Waals surface area (Å²) in [4.78, 5) is 0. The summed E-state index contributed by atoms with van der Waals surface area (Å²) in [6, 6.07) is 19.2. The Bertz CT molecular complexity index is 518. The van der Waals surface area contributed by atoms with Crippen molar-refractivity contribution >= 4 is 0 Å². The molecule has 2 aromatic rings. The average molecular weight is 252 g/mol. The van der Waals surface area contributed by atoms with Gasteiger partial charge in [-0.05, 0) is 48.8 Å². The van der Waals surface area contributed by atoms with Gasteiger partial charge >= 0.3 is 0 Å². The van der Waals surface area contributed by atoms with Gasteiger partial charge < -0.3 is 4.74 Å². The molecule has 19 heavy (non-hydrogen) atoms. The zero-order valence-corrected chi connectivity index (χ0v) is 11.2. The molecule has 1 aliphatic heterocycles. The minimum absolute atomic E-state index is 0.679. The highest BCUT2D eigenvalue weighted by atomic mass is 16.5. The maximum Gasteiger partial charge on any atom is 0.122 e. The van der Waals surface area contributed by atoms with E-state index in [1.165, 1.54) is 36.8 Å². The molecule has 3 rings (SSSR count). The molecule has 0 aromatic heterocycles. The first-order chi connectivity index (χ1) is 9.42. The molecule has 1 heterocycles. The van der Waals surface area contributed by atoms with E-state index < -0.39 is 0 Å². The lowest BCUT2D eigenvalue weighted by molar-refractivity contribution is 0.212. The van der Waals surface area contributed by atoms with E-state index in [0.717, 1.165) is 12.4 Å². The summed E-state index contributed by atoms with van der Waals surface area (Å²) < 4.78 is 5.84. The van der Waals surface area contributed by atoms with E-state index in [0.29, 0.717) is 5.92 Å². The van der Waals surface area contributed by atoms with Crippen LogP contribution in [-0.2, 0) is 12.8 Å². The van der Waals surface area contributed by atoms with Gasteiger partial charge in [-0.2, -0.15) is 0 Å². The second kappa shape index (κ2) is 5.92. The Labute approximate surface area is 115 Å². The Morgan fingerprint density at radius 2 is 1.74 bits per heavy atom. The van der Waals surface area contributed by atoms with Crippen molar-refractivity contribution in [1.29, 1.82) is 0 Å². The molecule has 0 bridgehead atoms. The molecule has 1 heteroatoms. The third kappa shape index (κ3) is 3.17. The van der Waals surface area contributed by atoms with Crippen molar-refractivity contribution in [2.45, 2.75) is 25.7 Å². The molecule has 1 unspecified atom stereocenters. The summed E-state index contributed by atoms with van der Waals surface area (Å²) in [6.45, 7) is 0.881.